The Kier molecular flexibility index (Phi) is 3.16. The largest absolute Gasteiger partial charge is 0.397 e. The van der Waals surface area contributed by atoms with Crippen LogP contribution in [-0.4, -0.2) is 17.4 Å². The first-order chi connectivity index (χ1) is 9.57. The van der Waals surface area contributed by atoms with Gasteiger partial charge in [0.2, 0.25) is 0 Å². The number of aromatic amines is 1. The highest BCUT2D eigenvalue weighted by Crippen LogP contribution is 2.36. The average Bonchev–Trinajstić information content (AvgIpc) is 3.04. The molecular weight excluding hydrogens is 250 g/mol. The predicted octanol–water partition coefficient (Wildman–Crippen LogP) is 3.06. The van der Waals surface area contributed by atoms with E-state index in [1.165, 1.54) is 25.7 Å². The van der Waals surface area contributed by atoms with Crippen LogP contribution in [0.25, 0.3) is 10.9 Å². The van der Waals surface area contributed by atoms with Crippen LogP contribution in [0.3, 0.4) is 0 Å². The summed E-state index contributed by atoms with van der Waals surface area (Å²) in [4.78, 5) is 15.4. The van der Waals surface area contributed by atoms with Gasteiger partial charge in [0.1, 0.15) is 5.69 Å². The lowest BCUT2D eigenvalue weighted by molar-refractivity contribution is 0.0930. The number of hydrogen-bond donors (Lipinski definition) is 3. The van der Waals surface area contributed by atoms with Crippen LogP contribution < -0.4 is 11.1 Å². The minimum absolute atomic E-state index is 0.0475. The normalized spacial score (nSPS) is 17.4. The molecule has 1 fully saturated rings. The number of aromatic nitrogens is 1. The van der Waals surface area contributed by atoms with E-state index in [-0.39, 0.29) is 11.3 Å². The molecule has 106 valence electrons. The van der Waals surface area contributed by atoms with E-state index in [2.05, 4.69) is 17.2 Å². The van der Waals surface area contributed by atoms with Crippen molar-refractivity contribution in [2.75, 3.05) is 12.3 Å². The molecule has 4 nitrogen and oxygen atoms in total. The molecule has 1 saturated carbocycles. The maximum Gasteiger partial charge on any atom is 0.267 e. The first kappa shape index (κ1) is 13.0. The van der Waals surface area contributed by atoms with Gasteiger partial charge in [-0.2, -0.15) is 0 Å². The molecule has 1 heterocycles. The van der Waals surface area contributed by atoms with E-state index < -0.39 is 0 Å². The highest BCUT2D eigenvalue weighted by atomic mass is 16.1. The minimum Gasteiger partial charge on any atom is -0.397 e. The third-order valence-electron chi connectivity index (χ3n) is 4.42. The standard InChI is InChI=1S/C16H21N3O/c1-16(7-2-3-8-16)10-18-15(20)13-9-11-5-4-6-12(17)14(11)19-13/h4-6,9,19H,2-3,7-8,10,17H2,1H3,(H,18,20). The van der Waals surface area contributed by atoms with E-state index in [1.54, 1.807) is 0 Å². The summed E-state index contributed by atoms with van der Waals surface area (Å²) in [5.74, 6) is -0.0475. The van der Waals surface area contributed by atoms with Crippen LogP contribution in [0.1, 0.15) is 43.1 Å². The molecule has 1 amide bonds. The second-order valence-corrected chi connectivity index (χ2v) is 6.19. The van der Waals surface area contributed by atoms with Gasteiger partial charge in [-0.15, -0.1) is 0 Å². The van der Waals surface area contributed by atoms with Gasteiger partial charge in [0, 0.05) is 11.9 Å². The molecule has 1 aromatic carbocycles. The number of H-pyrrole nitrogens is 1. The minimum atomic E-state index is -0.0475. The lowest BCUT2D eigenvalue weighted by atomic mass is 9.89. The van der Waals surface area contributed by atoms with Gasteiger partial charge in [-0.1, -0.05) is 31.9 Å². The molecule has 0 aliphatic heterocycles. The molecule has 3 rings (SSSR count). The lowest BCUT2D eigenvalue weighted by Gasteiger charge is -2.23. The molecule has 0 bridgehead atoms. The van der Waals surface area contributed by atoms with E-state index in [1.807, 2.05) is 24.3 Å². The smallest absolute Gasteiger partial charge is 0.267 e. The summed E-state index contributed by atoms with van der Waals surface area (Å²) < 4.78 is 0. The van der Waals surface area contributed by atoms with Crippen molar-refractivity contribution in [2.24, 2.45) is 5.41 Å². The van der Waals surface area contributed by atoms with Crippen molar-refractivity contribution in [3.8, 4) is 0 Å². The average molecular weight is 271 g/mol. The molecule has 1 aliphatic carbocycles. The molecule has 0 atom stereocenters. The van der Waals surface area contributed by atoms with Crippen LogP contribution in [0.5, 0.6) is 0 Å². The molecule has 20 heavy (non-hydrogen) atoms. The second kappa shape index (κ2) is 4.85. The van der Waals surface area contributed by atoms with Crippen LogP contribution in [0, 0.1) is 5.41 Å². The zero-order chi connectivity index (χ0) is 14.2. The quantitative estimate of drug-likeness (QED) is 0.751. The monoisotopic (exact) mass is 271 g/mol. The molecule has 1 aromatic heterocycles. The number of nitrogens with one attached hydrogen (secondary N) is 2. The summed E-state index contributed by atoms with van der Waals surface area (Å²) in [6.45, 7) is 3.00. The first-order valence-corrected chi connectivity index (χ1v) is 7.23. The number of para-hydroxylation sites is 1. The third kappa shape index (κ3) is 2.38. The number of amides is 1. The highest BCUT2D eigenvalue weighted by Gasteiger charge is 2.29. The summed E-state index contributed by atoms with van der Waals surface area (Å²) in [6, 6.07) is 7.54. The van der Waals surface area contributed by atoms with Gasteiger partial charge in [-0.3, -0.25) is 4.79 Å². The zero-order valence-corrected chi connectivity index (χ0v) is 11.8. The van der Waals surface area contributed by atoms with E-state index >= 15 is 0 Å². The Bertz CT molecular complexity index is 638. The Balaban J connectivity index is 1.74. The number of benzene rings is 1. The molecule has 1 aliphatic rings. The summed E-state index contributed by atoms with van der Waals surface area (Å²) in [7, 11) is 0. The van der Waals surface area contributed by atoms with Crippen molar-refractivity contribution in [1.82, 2.24) is 10.3 Å². The van der Waals surface area contributed by atoms with Crippen LogP contribution in [-0.2, 0) is 0 Å². The van der Waals surface area contributed by atoms with Gasteiger partial charge in [-0.25, -0.2) is 0 Å². The molecule has 0 radical (unpaired) electrons. The second-order valence-electron chi connectivity index (χ2n) is 6.19. The molecular formula is C16H21N3O. The Hall–Kier alpha value is -1.97. The topological polar surface area (TPSA) is 70.9 Å². The van der Waals surface area contributed by atoms with Gasteiger partial charge in [0.05, 0.1) is 11.2 Å². The van der Waals surface area contributed by atoms with Gasteiger partial charge in [-0.05, 0) is 30.4 Å². The molecule has 0 spiro atoms. The SMILES string of the molecule is CC1(CNC(=O)c2cc3cccc(N)c3[nH]2)CCCC1. The predicted molar refractivity (Wildman–Crippen MR) is 81.6 cm³/mol. The van der Waals surface area contributed by atoms with Gasteiger partial charge < -0.3 is 16.0 Å². The third-order valence-corrected chi connectivity index (χ3v) is 4.42. The Morgan fingerprint density at radius 3 is 2.85 bits per heavy atom. The Morgan fingerprint density at radius 1 is 1.40 bits per heavy atom. The number of nitrogen functional groups attached to an aromatic ring is 1. The molecule has 4 heteroatoms. The lowest BCUT2D eigenvalue weighted by Crippen LogP contribution is -2.34. The van der Waals surface area contributed by atoms with Crippen molar-refractivity contribution >= 4 is 22.5 Å². The number of anilines is 1. The van der Waals surface area contributed by atoms with Crippen molar-refractivity contribution in [2.45, 2.75) is 32.6 Å². The molecule has 2 aromatic rings. The Morgan fingerprint density at radius 2 is 2.15 bits per heavy atom. The Labute approximate surface area is 118 Å². The van der Waals surface area contributed by atoms with Gasteiger partial charge in [0.15, 0.2) is 0 Å². The summed E-state index contributed by atoms with van der Waals surface area (Å²) >= 11 is 0. The van der Waals surface area contributed by atoms with Crippen LogP contribution in [0.15, 0.2) is 24.3 Å². The fraction of sp³-hybridized carbons (Fsp3) is 0.438. The number of carbonyl (C=O) groups is 1. The zero-order valence-electron chi connectivity index (χ0n) is 11.8. The number of fused-ring (bicyclic) bond motifs is 1. The molecule has 4 N–H and O–H groups in total. The van der Waals surface area contributed by atoms with Crippen molar-refractivity contribution in [3.05, 3.63) is 30.0 Å². The van der Waals surface area contributed by atoms with Crippen molar-refractivity contribution in [1.29, 1.82) is 0 Å². The van der Waals surface area contributed by atoms with Crippen LogP contribution in [0.2, 0.25) is 0 Å². The van der Waals surface area contributed by atoms with E-state index in [4.69, 9.17) is 5.73 Å². The molecule has 0 saturated heterocycles. The summed E-state index contributed by atoms with van der Waals surface area (Å²) in [5, 5.41) is 4.03. The summed E-state index contributed by atoms with van der Waals surface area (Å²) in [5.41, 5.74) is 8.26. The van der Waals surface area contributed by atoms with E-state index in [0.717, 1.165) is 17.4 Å². The van der Waals surface area contributed by atoms with Crippen molar-refractivity contribution < 1.29 is 4.79 Å². The molecule has 0 unspecified atom stereocenters. The number of nitrogens with two attached hydrogens (primary N) is 1. The first-order valence-electron chi connectivity index (χ1n) is 7.23. The van der Waals surface area contributed by atoms with E-state index in [9.17, 15) is 4.79 Å². The maximum absolute atomic E-state index is 12.2. The van der Waals surface area contributed by atoms with Gasteiger partial charge in [0.25, 0.3) is 5.91 Å². The number of carbonyl (C=O) groups excluding carboxylic acids is 1. The van der Waals surface area contributed by atoms with Crippen molar-refractivity contribution in [3.63, 3.8) is 0 Å². The highest BCUT2D eigenvalue weighted by molar-refractivity contribution is 6.00. The van der Waals surface area contributed by atoms with Crippen LogP contribution >= 0.6 is 0 Å². The maximum atomic E-state index is 12.2. The summed E-state index contributed by atoms with van der Waals surface area (Å²) in [6.07, 6.45) is 4.95. The van der Waals surface area contributed by atoms with Crippen LogP contribution in [0.4, 0.5) is 5.69 Å². The number of rotatable bonds is 3. The fourth-order valence-corrected chi connectivity index (χ4v) is 3.10. The van der Waals surface area contributed by atoms with Gasteiger partial charge >= 0.3 is 0 Å². The van der Waals surface area contributed by atoms with E-state index in [0.29, 0.717) is 11.4 Å². The fourth-order valence-electron chi connectivity index (χ4n) is 3.10. The number of hydrogen-bond acceptors (Lipinski definition) is 2.